The van der Waals surface area contributed by atoms with Crippen LogP contribution in [0.25, 0.3) is 10.9 Å². The van der Waals surface area contributed by atoms with Crippen molar-refractivity contribution in [2.75, 3.05) is 0 Å². The van der Waals surface area contributed by atoms with E-state index in [1.54, 1.807) is 0 Å². The van der Waals surface area contributed by atoms with Gasteiger partial charge in [-0.3, -0.25) is 4.79 Å². The summed E-state index contributed by atoms with van der Waals surface area (Å²) in [6.07, 6.45) is 3.40. The zero-order chi connectivity index (χ0) is 22.7. The van der Waals surface area contributed by atoms with Gasteiger partial charge in [0.2, 0.25) is 0 Å². The molecule has 1 amide bonds. The first-order valence-electron chi connectivity index (χ1n) is 9.54. The maximum absolute atomic E-state index is 13.6. The zero-order valence-electron chi connectivity index (χ0n) is 16.6. The molecule has 1 aromatic heterocycles. The third-order valence-corrected chi connectivity index (χ3v) is 5.31. The van der Waals surface area contributed by atoms with Crippen LogP contribution in [-0.4, -0.2) is 21.8 Å². The summed E-state index contributed by atoms with van der Waals surface area (Å²) in [4.78, 5) is 12.3. The topological polar surface area (TPSA) is 90.4 Å². The van der Waals surface area contributed by atoms with Crippen LogP contribution in [0.4, 0.5) is 4.39 Å². The Kier molecular flexibility index (Phi) is 5.88. The lowest BCUT2D eigenvalue weighted by Gasteiger charge is -2.08. The number of aromatic nitrogens is 1. The summed E-state index contributed by atoms with van der Waals surface area (Å²) in [6.45, 7) is 0.402. The van der Waals surface area contributed by atoms with Crippen LogP contribution in [0.1, 0.15) is 27.0 Å². The first-order chi connectivity index (χ1) is 15.5. The molecule has 6 nitrogen and oxygen atoms in total. The van der Waals surface area contributed by atoms with E-state index in [-0.39, 0.29) is 22.7 Å². The summed E-state index contributed by atoms with van der Waals surface area (Å²) in [6, 6.07) is 17.6. The van der Waals surface area contributed by atoms with Crippen molar-refractivity contribution in [2.24, 2.45) is 5.10 Å². The molecule has 0 radical (unpaired) electrons. The minimum absolute atomic E-state index is 0.00568. The molecule has 0 spiro atoms. The number of phenolic OH excluding ortho intramolecular Hbond substituents is 1. The number of nitriles is 1. The summed E-state index contributed by atoms with van der Waals surface area (Å²) >= 11 is 6.20. The maximum Gasteiger partial charge on any atom is 0.271 e. The molecule has 8 heteroatoms. The van der Waals surface area contributed by atoms with Gasteiger partial charge in [0.15, 0.2) is 0 Å². The number of nitrogens with zero attached hydrogens (tertiary/aromatic N) is 3. The second-order valence-corrected chi connectivity index (χ2v) is 7.41. The van der Waals surface area contributed by atoms with Crippen LogP contribution in [0.5, 0.6) is 5.75 Å². The van der Waals surface area contributed by atoms with Gasteiger partial charge in [0.25, 0.3) is 5.91 Å². The first-order valence-corrected chi connectivity index (χ1v) is 9.92. The number of hydrazone groups is 1. The Morgan fingerprint density at radius 1 is 1.22 bits per heavy atom. The van der Waals surface area contributed by atoms with Gasteiger partial charge >= 0.3 is 0 Å². The summed E-state index contributed by atoms with van der Waals surface area (Å²) < 4.78 is 15.5. The zero-order valence-corrected chi connectivity index (χ0v) is 17.3. The van der Waals surface area contributed by atoms with Gasteiger partial charge in [0.1, 0.15) is 17.6 Å². The number of fused-ring (bicyclic) bond motifs is 1. The third kappa shape index (κ3) is 4.31. The van der Waals surface area contributed by atoms with Crippen molar-refractivity contribution < 1.29 is 14.3 Å². The monoisotopic (exact) mass is 446 g/mol. The summed E-state index contributed by atoms with van der Waals surface area (Å²) in [5, 5.41) is 23.9. The molecule has 0 saturated carbocycles. The molecule has 158 valence electrons. The Morgan fingerprint density at radius 3 is 2.88 bits per heavy atom. The van der Waals surface area contributed by atoms with Crippen LogP contribution < -0.4 is 5.43 Å². The van der Waals surface area contributed by atoms with E-state index in [1.807, 2.05) is 41.1 Å². The Balaban J connectivity index is 1.54. The molecule has 1 heterocycles. The Morgan fingerprint density at radius 2 is 2.06 bits per heavy atom. The molecule has 4 rings (SSSR count). The molecular formula is C24H16ClFN4O2. The molecule has 0 fully saturated rings. The number of rotatable bonds is 5. The quantitative estimate of drug-likeness (QED) is 0.340. The Bertz CT molecular complexity index is 1410. The van der Waals surface area contributed by atoms with Crippen LogP contribution in [0.2, 0.25) is 5.02 Å². The van der Waals surface area contributed by atoms with E-state index >= 15 is 0 Å². The van der Waals surface area contributed by atoms with E-state index in [9.17, 15) is 14.3 Å². The highest BCUT2D eigenvalue weighted by Gasteiger charge is 2.10. The van der Waals surface area contributed by atoms with Gasteiger partial charge in [0.05, 0.1) is 11.8 Å². The van der Waals surface area contributed by atoms with Crippen molar-refractivity contribution in [3.05, 3.63) is 100.0 Å². The first kappa shape index (κ1) is 21.1. The van der Waals surface area contributed by atoms with Crippen molar-refractivity contribution >= 4 is 34.6 Å². The largest absolute Gasteiger partial charge is 0.507 e. The van der Waals surface area contributed by atoms with Gasteiger partial charge in [-0.2, -0.15) is 10.4 Å². The highest BCUT2D eigenvalue weighted by atomic mass is 35.5. The minimum Gasteiger partial charge on any atom is -0.507 e. The van der Waals surface area contributed by atoms with Gasteiger partial charge in [0, 0.05) is 39.8 Å². The molecular weight excluding hydrogens is 431 g/mol. The summed E-state index contributed by atoms with van der Waals surface area (Å²) in [7, 11) is 0. The van der Waals surface area contributed by atoms with Gasteiger partial charge in [-0.25, -0.2) is 9.82 Å². The molecule has 4 aromatic rings. The Hall–Kier alpha value is -4.15. The molecule has 0 bridgehead atoms. The van der Waals surface area contributed by atoms with Crippen molar-refractivity contribution in [1.29, 1.82) is 5.26 Å². The maximum atomic E-state index is 13.6. The van der Waals surface area contributed by atoms with Crippen LogP contribution >= 0.6 is 11.6 Å². The smallest absolute Gasteiger partial charge is 0.271 e. The number of carbonyl (C=O) groups is 1. The van der Waals surface area contributed by atoms with Gasteiger partial charge in [-0.05, 0) is 54.1 Å². The molecule has 0 aliphatic heterocycles. The lowest BCUT2D eigenvalue weighted by Crippen LogP contribution is -2.17. The average Bonchev–Trinajstić information content (AvgIpc) is 3.20. The third-order valence-electron chi connectivity index (χ3n) is 4.94. The van der Waals surface area contributed by atoms with Crippen LogP contribution in [0, 0.1) is 17.1 Å². The number of amides is 1. The predicted octanol–water partition coefficient (Wildman–Crippen LogP) is 4.82. The van der Waals surface area contributed by atoms with Crippen molar-refractivity contribution in [2.45, 2.75) is 6.54 Å². The van der Waals surface area contributed by atoms with Crippen molar-refractivity contribution in [3.8, 4) is 11.8 Å². The van der Waals surface area contributed by atoms with Crippen molar-refractivity contribution in [1.82, 2.24) is 9.99 Å². The van der Waals surface area contributed by atoms with E-state index < -0.39 is 5.91 Å². The van der Waals surface area contributed by atoms with E-state index in [1.165, 1.54) is 42.6 Å². The van der Waals surface area contributed by atoms with Crippen LogP contribution in [0.15, 0.2) is 72.0 Å². The number of halogens is 2. The number of hydrogen-bond acceptors (Lipinski definition) is 4. The number of phenols is 1. The predicted molar refractivity (Wildman–Crippen MR) is 120 cm³/mol. The number of nitrogens with one attached hydrogen (secondary N) is 1. The number of benzene rings is 3. The van der Waals surface area contributed by atoms with E-state index in [4.69, 9.17) is 16.9 Å². The Labute approximate surface area is 187 Å². The lowest BCUT2D eigenvalue weighted by molar-refractivity contribution is 0.0955. The van der Waals surface area contributed by atoms with Gasteiger partial charge in [-0.15, -0.1) is 0 Å². The number of hydrogen-bond donors (Lipinski definition) is 2. The minimum atomic E-state index is -0.511. The highest BCUT2D eigenvalue weighted by molar-refractivity contribution is 6.31. The number of aromatic hydroxyl groups is 1. The van der Waals surface area contributed by atoms with Gasteiger partial charge in [-0.1, -0.05) is 23.7 Å². The molecule has 2 N–H and O–H groups in total. The molecule has 0 aliphatic rings. The second-order valence-electron chi connectivity index (χ2n) is 7.00. The number of carbonyl (C=O) groups excluding carboxylic acids is 1. The average molecular weight is 447 g/mol. The fraction of sp³-hybridized carbons (Fsp3) is 0.0417. The molecule has 3 aromatic carbocycles. The summed E-state index contributed by atoms with van der Waals surface area (Å²) in [5.74, 6) is -1.05. The summed E-state index contributed by atoms with van der Waals surface area (Å²) in [5.41, 5.74) is 4.97. The van der Waals surface area contributed by atoms with E-state index in [0.29, 0.717) is 17.1 Å². The highest BCUT2D eigenvalue weighted by Crippen LogP contribution is 2.24. The lowest BCUT2D eigenvalue weighted by atomic mass is 10.1. The molecule has 0 aliphatic carbocycles. The molecule has 0 unspecified atom stereocenters. The molecule has 32 heavy (non-hydrogen) atoms. The van der Waals surface area contributed by atoms with Crippen LogP contribution in [-0.2, 0) is 6.54 Å². The van der Waals surface area contributed by atoms with E-state index in [0.717, 1.165) is 16.5 Å². The second kappa shape index (κ2) is 8.92. The SMILES string of the molecule is N#Cc1cc(C(=O)NN=Cc2cccc3c2ccn3Cc2cc(F)ccc2Cl)ccc1O. The van der Waals surface area contributed by atoms with Crippen molar-refractivity contribution in [3.63, 3.8) is 0 Å². The van der Waals surface area contributed by atoms with E-state index in [2.05, 4.69) is 10.5 Å². The van der Waals surface area contributed by atoms with Gasteiger partial charge < -0.3 is 9.67 Å². The normalized spacial score (nSPS) is 11.0. The standard InChI is InChI=1S/C24H16ClFN4O2/c25-21-6-5-19(26)11-18(21)14-30-9-8-20-16(2-1-3-22(20)30)13-28-29-24(32)15-4-7-23(31)17(10-15)12-27/h1-11,13,31H,14H2,(H,29,32). The van der Waals surface area contributed by atoms with Crippen LogP contribution in [0.3, 0.4) is 0 Å². The fourth-order valence-corrected chi connectivity index (χ4v) is 3.51. The fourth-order valence-electron chi connectivity index (χ4n) is 3.34. The molecule has 0 saturated heterocycles. The molecule has 0 atom stereocenters.